The minimum atomic E-state index is -0.960. The van der Waals surface area contributed by atoms with E-state index < -0.39 is 10.8 Å². The number of hydrogen-bond acceptors (Lipinski definition) is 4. The predicted octanol–water partition coefficient (Wildman–Crippen LogP) is 3.49. The van der Waals surface area contributed by atoms with Crippen LogP contribution in [-0.2, 0) is 17.4 Å². The third-order valence-corrected chi connectivity index (χ3v) is 4.56. The van der Waals surface area contributed by atoms with E-state index in [9.17, 15) is 9.32 Å². The summed E-state index contributed by atoms with van der Waals surface area (Å²) in [4.78, 5) is 0.824. The molecule has 124 valence electrons. The maximum Gasteiger partial charge on any atom is 0.124 e. The van der Waals surface area contributed by atoms with Gasteiger partial charge in [0.1, 0.15) is 5.75 Å². The molecule has 0 aliphatic heterocycles. The van der Waals surface area contributed by atoms with Crippen molar-refractivity contribution in [1.82, 2.24) is 0 Å². The van der Waals surface area contributed by atoms with Gasteiger partial charge in [0.15, 0.2) is 0 Å². The molecule has 2 aromatic rings. The summed E-state index contributed by atoms with van der Waals surface area (Å²) >= 11 is 0. The maximum atomic E-state index is 11.4. The monoisotopic (exact) mass is 333 g/mol. The lowest BCUT2D eigenvalue weighted by molar-refractivity contribution is 0.267. The Morgan fingerprint density at radius 3 is 2.48 bits per heavy atom. The molecule has 2 aromatic carbocycles. The van der Waals surface area contributed by atoms with E-state index in [1.165, 1.54) is 0 Å². The molecular formula is C18H23NO3S. The molecule has 0 saturated carbocycles. The van der Waals surface area contributed by atoms with Gasteiger partial charge in [0.05, 0.1) is 13.2 Å². The van der Waals surface area contributed by atoms with E-state index >= 15 is 0 Å². The summed E-state index contributed by atoms with van der Waals surface area (Å²) in [5.41, 5.74) is 2.80. The van der Waals surface area contributed by atoms with Crippen LogP contribution in [-0.4, -0.2) is 22.2 Å². The molecular weight excluding hydrogens is 310 g/mol. The number of aliphatic hydroxyl groups is 1. The number of rotatable bonds is 7. The van der Waals surface area contributed by atoms with Crippen LogP contribution < -0.4 is 10.1 Å². The summed E-state index contributed by atoms with van der Waals surface area (Å²) in [6, 6.07) is 13.5. The number of nitrogens with one attached hydrogen (secondary N) is 1. The molecule has 0 aliphatic rings. The average Bonchev–Trinajstić information content (AvgIpc) is 2.56. The molecule has 23 heavy (non-hydrogen) atoms. The first kappa shape index (κ1) is 17.5. The fraction of sp³-hybridized carbons (Fsp3) is 0.333. The second-order valence-corrected chi connectivity index (χ2v) is 6.68. The van der Waals surface area contributed by atoms with Crippen LogP contribution in [0.2, 0.25) is 0 Å². The van der Waals surface area contributed by atoms with Crippen LogP contribution in [0.1, 0.15) is 31.0 Å². The molecule has 0 amide bonds. The first-order chi connectivity index (χ1) is 11.0. The van der Waals surface area contributed by atoms with Gasteiger partial charge in [-0.25, -0.2) is 0 Å². The molecule has 0 fully saturated rings. The minimum absolute atomic E-state index is 0.0593. The Balaban J connectivity index is 2.13. The Labute approximate surface area is 140 Å². The molecule has 2 N–H and O–H groups in total. The zero-order valence-corrected chi connectivity index (χ0v) is 14.5. The van der Waals surface area contributed by atoms with Gasteiger partial charge in [0, 0.05) is 39.2 Å². The number of aliphatic hydroxyl groups excluding tert-OH is 1. The highest BCUT2D eigenvalue weighted by molar-refractivity contribution is 7.84. The largest absolute Gasteiger partial charge is 0.494 e. The predicted molar refractivity (Wildman–Crippen MR) is 94.3 cm³/mol. The summed E-state index contributed by atoms with van der Waals surface area (Å²) in [7, 11) is -0.960. The molecule has 0 spiro atoms. The van der Waals surface area contributed by atoms with Gasteiger partial charge in [-0.2, -0.15) is 0 Å². The van der Waals surface area contributed by atoms with Gasteiger partial charge in [-0.3, -0.25) is 4.21 Å². The third-order valence-electron chi connectivity index (χ3n) is 3.63. The topological polar surface area (TPSA) is 58.6 Å². The van der Waals surface area contributed by atoms with E-state index in [1.807, 2.05) is 49.4 Å². The molecule has 0 saturated heterocycles. The van der Waals surface area contributed by atoms with E-state index in [4.69, 9.17) is 4.74 Å². The first-order valence-corrected chi connectivity index (χ1v) is 9.17. The van der Waals surface area contributed by atoms with Crippen LogP contribution in [0.15, 0.2) is 47.4 Å². The number of benzene rings is 2. The smallest absolute Gasteiger partial charge is 0.124 e. The SMILES string of the molecule is CCOc1ccc(NC(C)c2ccc(S(C)=O)cc2)cc1CO. The van der Waals surface area contributed by atoms with Gasteiger partial charge in [0.25, 0.3) is 0 Å². The van der Waals surface area contributed by atoms with Gasteiger partial charge in [-0.05, 0) is 49.7 Å². The molecule has 0 heterocycles. The number of ether oxygens (including phenoxy) is 1. The molecule has 2 unspecified atom stereocenters. The summed E-state index contributed by atoms with van der Waals surface area (Å²) in [5, 5.41) is 12.9. The number of hydrogen-bond donors (Lipinski definition) is 2. The molecule has 0 bridgehead atoms. The van der Waals surface area contributed by atoms with Crippen molar-refractivity contribution in [3.8, 4) is 5.75 Å². The highest BCUT2D eigenvalue weighted by Crippen LogP contribution is 2.26. The molecule has 2 rings (SSSR count). The quantitative estimate of drug-likeness (QED) is 0.814. The zero-order chi connectivity index (χ0) is 16.8. The van der Waals surface area contributed by atoms with Crippen molar-refractivity contribution < 1.29 is 14.1 Å². The van der Waals surface area contributed by atoms with Gasteiger partial charge >= 0.3 is 0 Å². The van der Waals surface area contributed by atoms with Crippen LogP contribution in [0.3, 0.4) is 0 Å². The molecule has 4 nitrogen and oxygen atoms in total. The van der Waals surface area contributed by atoms with Crippen molar-refractivity contribution >= 4 is 16.5 Å². The maximum absolute atomic E-state index is 11.4. The highest BCUT2D eigenvalue weighted by Gasteiger charge is 2.09. The second-order valence-electron chi connectivity index (χ2n) is 5.30. The zero-order valence-electron chi connectivity index (χ0n) is 13.7. The van der Waals surface area contributed by atoms with E-state index in [-0.39, 0.29) is 12.6 Å². The highest BCUT2D eigenvalue weighted by atomic mass is 32.2. The van der Waals surface area contributed by atoms with Crippen molar-refractivity contribution in [2.24, 2.45) is 0 Å². The average molecular weight is 333 g/mol. The Hall–Kier alpha value is -1.85. The van der Waals surface area contributed by atoms with E-state index in [0.717, 1.165) is 21.7 Å². The standard InChI is InChI=1S/C18H23NO3S/c1-4-22-18-10-7-16(11-15(18)12-20)19-13(2)14-5-8-17(9-6-14)23(3)21/h5-11,13,19-20H,4,12H2,1-3H3. The molecule has 5 heteroatoms. The molecule has 0 aromatic heterocycles. The normalized spacial score (nSPS) is 13.4. The van der Waals surface area contributed by atoms with Crippen molar-refractivity contribution in [3.63, 3.8) is 0 Å². The van der Waals surface area contributed by atoms with Crippen molar-refractivity contribution in [3.05, 3.63) is 53.6 Å². The number of anilines is 1. The van der Waals surface area contributed by atoms with Crippen LogP contribution in [0, 0.1) is 0 Å². The van der Waals surface area contributed by atoms with Crippen LogP contribution in [0.25, 0.3) is 0 Å². The van der Waals surface area contributed by atoms with E-state index in [1.54, 1.807) is 6.26 Å². The fourth-order valence-electron chi connectivity index (χ4n) is 2.37. The Morgan fingerprint density at radius 2 is 1.91 bits per heavy atom. The van der Waals surface area contributed by atoms with Gasteiger partial charge in [-0.1, -0.05) is 12.1 Å². The summed E-state index contributed by atoms with van der Waals surface area (Å²) in [5.74, 6) is 0.711. The van der Waals surface area contributed by atoms with Crippen LogP contribution >= 0.6 is 0 Å². The Kier molecular flexibility index (Phi) is 6.19. The van der Waals surface area contributed by atoms with Crippen molar-refractivity contribution in [2.45, 2.75) is 31.4 Å². The Bertz CT molecular complexity index is 670. The van der Waals surface area contributed by atoms with Gasteiger partial charge in [0.2, 0.25) is 0 Å². The van der Waals surface area contributed by atoms with Crippen LogP contribution in [0.5, 0.6) is 5.75 Å². The third kappa shape index (κ3) is 4.56. The molecule has 0 aliphatic carbocycles. The van der Waals surface area contributed by atoms with Crippen molar-refractivity contribution in [2.75, 3.05) is 18.2 Å². The lowest BCUT2D eigenvalue weighted by atomic mass is 10.1. The lowest BCUT2D eigenvalue weighted by Gasteiger charge is -2.18. The summed E-state index contributed by atoms with van der Waals surface area (Å²) in [6.07, 6.45) is 1.67. The minimum Gasteiger partial charge on any atom is -0.494 e. The molecule has 2 atom stereocenters. The fourth-order valence-corrected chi connectivity index (χ4v) is 2.89. The van der Waals surface area contributed by atoms with E-state index in [0.29, 0.717) is 12.4 Å². The first-order valence-electron chi connectivity index (χ1n) is 7.61. The Morgan fingerprint density at radius 1 is 1.22 bits per heavy atom. The van der Waals surface area contributed by atoms with Gasteiger partial charge in [-0.15, -0.1) is 0 Å². The second kappa shape index (κ2) is 8.13. The lowest BCUT2D eigenvalue weighted by Crippen LogP contribution is -2.07. The summed E-state index contributed by atoms with van der Waals surface area (Å²) < 4.78 is 16.9. The van der Waals surface area contributed by atoms with E-state index in [2.05, 4.69) is 12.2 Å². The van der Waals surface area contributed by atoms with Crippen LogP contribution in [0.4, 0.5) is 5.69 Å². The van der Waals surface area contributed by atoms with Gasteiger partial charge < -0.3 is 15.2 Å². The van der Waals surface area contributed by atoms with Crippen molar-refractivity contribution in [1.29, 1.82) is 0 Å². The summed E-state index contributed by atoms with van der Waals surface area (Å²) in [6.45, 7) is 4.49. The molecule has 0 radical (unpaired) electrons.